The van der Waals surface area contributed by atoms with Crippen LogP contribution in [0.5, 0.6) is 0 Å². The number of benzene rings is 1. The second kappa shape index (κ2) is 5.01. The molecule has 0 amide bonds. The molecule has 16 heavy (non-hydrogen) atoms. The number of nitrogens with one attached hydrogen (secondary N) is 1. The van der Waals surface area contributed by atoms with Crippen LogP contribution in [0.1, 0.15) is 30.0 Å². The van der Waals surface area contributed by atoms with Gasteiger partial charge in [0.2, 0.25) is 0 Å². The molecule has 0 saturated carbocycles. The Kier molecular flexibility index (Phi) is 3.65. The molecular weight excluding hydrogens is 194 g/mol. The Balaban J connectivity index is 2.13. The molecule has 0 bridgehead atoms. The quantitative estimate of drug-likeness (QED) is 0.802. The van der Waals surface area contributed by atoms with Gasteiger partial charge in [-0.25, -0.2) is 0 Å². The van der Waals surface area contributed by atoms with E-state index in [4.69, 9.17) is 0 Å². The van der Waals surface area contributed by atoms with Crippen molar-refractivity contribution < 1.29 is 0 Å². The molecule has 2 unspecified atom stereocenters. The molecule has 1 aromatic carbocycles. The summed E-state index contributed by atoms with van der Waals surface area (Å²) in [5.74, 6) is 1.67. The summed E-state index contributed by atoms with van der Waals surface area (Å²) < 4.78 is 0. The summed E-state index contributed by atoms with van der Waals surface area (Å²) in [4.78, 5) is 0. The Morgan fingerprint density at radius 2 is 1.94 bits per heavy atom. The van der Waals surface area contributed by atoms with Crippen molar-refractivity contribution in [2.75, 3.05) is 13.1 Å². The minimum atomic E-state index is 0.813. The average Bonchev–Trinajstić information content (AvgIpc) is 2.26. The van der Waals surface area contributed by atoms with E-state index in [-0.39, 0.29) is 0 Å². The lowest BCUT2D eigenvalue weighted by Gasteiger charge is -2.30. The number of hydrogen-bond donors (Lipinski definition) is 1. The van der Waals surface area contributed by atoms with Crippen LogP contribution in [0.2, 0.25) is 0 Å². The van der Waals surface area contributed by atoms with Crippen molar-refractivity contribution in [1.29, 1.82) is 0 Å². The molecular formula is C15H23N. The molecule has 2 rings (SSSR count). The molecule has 1 heteroatoms. The van der Waals surface area contributed by atoms with E-state index >= 15 is 0 Å². The minimum absolute atomic E-state index is 0.813. The molecule has 2 atom stereocenters. The van der Waals surface area contributed by atoms with Crippen LogP contribution in [0.4, 0.5) is 0 Å². The van der Waals surface area contributed by atoms with Gasteiger partial charge in [0, 0.05) is 0 Å². The Morgan fingerprint density at radius 1 is 1.25 bits per heavy atom. The fourth-order valence-corrected chi connectivity index (χ4v) is 2.80. The first-order valence-corrected chi connectivity index (χ1v) is 6.44. The van der Waals surface area contributed by atoms with E-state index in [1.165, 1.54) is 37.1 Å². The van der Waals surface area contributed by atoms with Gasteiger partial charge in [-0.05, 0) is 68.3 Å². The molecule has 1 aromatic rings. The highest BCUT2D eigenvalue weighted by Gasteiger charge is 2.22. The molecule has 1 aliphatic rings. The minimum Gasteiger partial charge on any atom is -0.316 e. The maximum Gasteiger partial charge on any atom is -0.00204 e. The highest BCUT2D eigenvalue weighted by Crippen LogP contribution is 2.26. The van der Waals surface area contributed by atoms with E-state index in [0.29, 0.717) is 0 Å². The summed E-state index contributed by atoms with van der Waals surface area (Å²) in [6, 6.07) is 6.65. The third kappa shape index (κ3) is 2.46. The SMILES string of the molecule is Cc1cccc(C)c1CC1CCNCC1C. The van der Waals surface area contributed by atoms with Gasteiger partial charge in [-0.3, -0.25) is 0 Å². The van der Waals surface area contributed by atoms with Crippen LogP contribution >= 0.6 is 0 Å². The third-order valence-corrected chi connectivity index (χ3v) is 4.07. The van der Waals surface area contributed by atoms with Gasteiger partial charge >= 0.3 is 0 Å². The maximum atomic E-state index is 3.48. The zero-order valence-corrected chi connectivity index (χ0v) is 10.7. The Bertz CT molecular complexity index is 336. The predicted octanol–water partition coefficient (Wildman–Crippen LogP) is 3.09. The van der Waals surface area contributed by atoms with Crippen LogP contribution in [0.3, 0.4) is 0 Å². The van der Waals surface area contributed by atoms with Crippen molar-refractivity contribution >= 4 is 0 Å². The van der Waals surface area contributed by atoms with Crippen LogP contribution in [-0.2, 0) is 6.42 Å². The number of hydrogen-bond acceptors (Lipinski definition) is 1. The standard InChI is InChI=1S/C15H23N/c1-11-5-4-6-12(2)15(11)9-14-7-8-16-10-13(14)3/h4-6,13-14,16H,7-10H2,1-3H3. The summed E-state index contributed by atoms with van der Waals surface area (Å²) in [6.07, 6.45) is 2.59. The van der Waals surface area contributed by atoms with Crippen molar-refractivity contribution in [3.8, 4) is 0 Å². The fourth-order valence-electron chi connectivity index (χ4n) is 2.80. The Labute approximate surface area is 99.3 Å². The van der Waals surface area contributed by atoms with Crippen molar-refractivity contribution in [2.24, 2.45) is 11.8 Å². The predicted molar refractivity (Wildman–Crippen MR) is 69.8 cm³/mol. The average molecular weight is 217 g/mol. The van der Waals surface area contributed by atoms with E-state index in [0.717, 1.165) is 11.8 Å². The van der Waals surface area contributed by atoms with Gasteiger partial charge in [0.1, 0.15) is 0 Å². The molecule has 1 nitrogen and oxygen atoms in total. The normalized spacial score (nSPS) is 25.7. The van der Waals surface area contributed by atoms with Gasteiger partial charge in [-0.2, -0.15) is 0 Å². The summed E-state index contributed by atoms with van der Waals surface area (Å²) >= 11 is 0. The van der Waals surface area contributed by atoms with Gasteiger partial charge in [-0.1, -0.05) is 25.1 Å². The number of rotatable bonds is 2. The topological polar surface area (TPSA) is 12.0 Å². The van der Waals surface area contributed by atoms with E-state index in [1.807, 2.05) is 0 Å². The first kappa shape index (κ1) is 11.7. The van der Waals surface area contributed by atoms with E-state index in [2.05, 4.69) is 44.3 Å². The van der Waals surface area contributed by atoms with E-state index < -0.39 is 0 Å². The van der Waals surface area contributed by atoms with Crippen molar-refractivity contribution in [3.63, 3.8) is 0 Å². The van der Waals surface area contributed by atoms with Crippen LogP contribution in [0, 0.1) is 25.7 Å². The maximum absolute atomic E-state index is 3.48. The number of aryl methyl sites for hydroxylation is 2. The van der Waals surface area contributed by atoms with Crippen molar-refractivity contribution in [1.82, 2.24) is 5.32 Å². The van der Waals surface area contributed by atoms with Crippen molar-refractivity contribution in [3.05, 3.63) is 34.9 Å². The highest BCUT2D eigenvalue weighted by atomic mass is 14.9. The smallest absolute Gasteiger partial charge is 0.00204 e. The van der Waals surface area contributed by atoms with Crippen LogP contribution in [0.25, 0.3) is 0 Å². The fraction of sp³-hybridized carbons (Fsp3) is 0.600. The zero-order chi connectivity index (χ0) is 11.5. The largest absolute Gasteiger partial charge is 0.316 e. The molecule has 1 N–H and O–H groups in total. The van der Waals surface area contributed by atoms with Gasteiger partial charge < -0.3 is 5.32 Å². The Hall–Kier alpha value is -0.820. The molecule has 1 saturated heterocycles. The van der Waals surface area contributed by atoms with Crippen LogP contribution in [-0.4, -0.2) is 13.1 Å². The monoisotopic (exact) mass is 217 g/mol. The number of piperidine rings is 1. The lowest BCUT2D eigenvalue weighted by molar-refractivity contribution is 0.271. The highest BCUT2D eigenvalue weighted by molar-refractivity contribution is 5.33. The molecule has 0 radical (unpaired) electrons. The second-order valence-electron chi connectivity index (χ2n) is 5.30. The molecule has 88 valence electrons. The second-order valence-corrected chi connectivity index (χ2v) is 5.30. The lowest BCUT2D eigenvalue weighted by Crippen LogP contribution is -2.36. The van der Waals surface area contributed by atoms with Gasteiger partial charge in [0.05, 0.1) is 0 Å². The van der Waals surface area contributed by atoms with Gasteiger partial charge in [-0.15, -0.1) is 0 Å². The molecule has 0 spiro atoms. The van der Waals surface area contributed by atoms with Crippen LogP contribution < -0.4 is 5.32 Å². The first-order chi connectivity index (χ1) is 7.68. The zero-order valence-electron chi connectivity index (χ0n) is 10.7. The lowest BCUT2D eigenvalue weighted by atomic mass is 9.81. The Morgan fingerprint density at radius 3 is 2.56 bits per heavy atom. The van der Waals surface area contributed by atoms with Gasteiger partial charge in [0.15, 0.2) is 0 Å². The van der Waals surface area contributed by atoms with E-state index in [1.54, 1.807) is 5.56 Å². The molecule has 0 aromatic heterocycles. The summed E-state index contributed by atoms with van der Waals surface area (Å²) in [6.45, 7) is 9.25. The summed E-state index contributed by atoms with van der Waals surface area (Å²) in [5.41, 5.74) is 4.51. The molecule has 1 heterocycles. The third-order valence-electron chi connectivity index (χ3n) is 4.07. The van der Waals surface area contributed by atoms with Crippen molar-refractivity contribution in [2.45, 2.75) is 33.6 Å². The first-order valence-electron chi connectivity index (χ1n) is 6.44. The van der Waals surface area contributed by atoms with Crippen LogP contribution in [0.15, 0.2) is 18.2 Å². The van der Waals surface area contributed by atoms with Gasteiger partial charge in [0.25, 0.3) is 0 Å². The molecule has 0 aliphatic carbocycles. The molecule has 1 aliphatic heterocycles. The molecule has 1 fully saturated rings. The summed E-state index contributed by atoms with van der Waals surface area (Å²) in [7, 11) is 0. The van der Waals surface area contributed by atoms with E-state index in [9.17, 15) is 0 Å². The summed E-state index contributed by atoms with van der Waals surface area (Å²) in [5, 5.41) is 3.48.